The largest absolute Gasteiger partial charge is 0.0591 e. The van der Waals surface area contributed by atoms with Gasteiger partial charge in [-0.05, 0) is 78.8 Å². The summed E-state index contributed by atoms with van der Waals surface area (Å²) in [5.74, 6) is 0. The Kier molecular flexibility index (Phi) is 3.03. The molecule has 0 aliphatic heterocycles. The molecule has 0 aromatic heterocycles. The van der Waals surface area contributed by atoms with Crippen molar-refractivity contribution in [1.29, 1.82) is 0 Å². The highest BCUT2D eigenvalue weighted by Gasteiger charge is 2.42. The number of fused-ring (bicyclic) bond motifs is 1. The number of benzene rings is 1. The molecule has 0 spiro atoms. The smallest absolute Gasteiger partial charge is 0.0320 e. The summed E-state index contributed by atoms with van der Waals surface area (Å²) in [4.78, 5) is 0. The molecule has 0 atom stereocenters. The van der Waals surface area contributed by atoms with Crippen molar-refractivity contribution in [2.75, 3.05) is 0 Å². The van der Waals surface area contributed by atoms with E-state index in [2.05, 4.69) is 71.7 Å². The number of hydrogen-bond donors (Lipinski definition) is 0. The summed E-state index contributed by atoms with van der Waals surface area (Å²) in [6, 6.07) is 4.57. The molecular weight excluding hydrogens is 328 g/mol. The number of halogens is 2. The van der Waals surface area contributed by atoms with E-state index in [0.29, 0.717) is 5.41 Å². The second-order valence-electron chi connectivity index (χ2n) is 5.93. The minimum atomic E-state index is 0.240. The van der Waals surface area contributed by atoms with Crippen LogP contribution in [0.5, 0.6) is 0 Å². The van der Waals surface area contributed by atoms with E-state index < -0.39 is 0 Å². The molecule has 1 aliphatic rings. The second kappa shape index (κ2) is 3.84. The highest BCUT2D eigenvalue weighted by Crippen LogP contribution is 2.50. The van der Waals surface area contributed by atoms with Gasteiger partial charge >= 0.3 is 0 Å². The first kappa shape index (κ1) is 12.6. The zero-order valence-electron chi connectivity index (χ0n) is 10.3. The van der Waals surface area contributed by atoms with Crippen molar-refractivity contribution in [2.45, 2.75) is 46.0 Å². The maximum absolute atomic E-state index is 3.62. The van der Waals surface area contributed by atoms with Crippen molar-refractivity contribution in [3.63, 3.8) is 0 Å². The van der Waals surface area contributed by atoms with Crippen LogP contribution in [0.25, 0.3) is 0 Å². The molecule has 0 nitrogen and oxygen atoms in total. The summed E-state index contributed by atoms with van der Waals surface area (Å²) in [7, 11) is 0. The Labute approximate surface area is 115 Å². The molecular formula is C14H18Br2. The molecule has 0 saturated heterocycles. The predicted molar refractivity (Wildman–Crippen MR) is 77.0 cm³/mol. The van der Waals surface area contributed by atoms with Crippen LogP contribution >= 0.6 is 31.9 Å². The van der Waals surface area contributed by atoms with E-state index >= 15 is 0 Å². The van der Waals surface area contributed by atoms with Crippen LogP contribution in [0.3, 0.4) is 0 Å². The van der Waals surface area contributed by atoms with Gasteiger partial charge in [0.2, 0.25) is 0 Å². The van der Waals surface area contributed by atoms with Crippen molar-refractivity contribution in [3.8, 4) is 0 Å². The molecule has 1 aliphatic carbocycles. The summed E-state index contributed by atoms with van der Waals surface area (Å²) in [5, 5.41) is 0. The van der Waals surface area contributed by atoms with Crippen LogP contribution < -0.4 is 0 Å². The van der Waals surface area contributed by atoms with Gasteiger partial charge < -0.3 is 0 Å². The molecule has 0 saturated carbocycles. The molecule has 1 aromatic rings. The van der Waals surface area contributed by atoms with Crippen molar-refractivity contribution in [1.82, 2.24) is 0 Å². The normalized spacial score (nSPS) is 21.6. The van der Waals surface area contributed by atoms with Gasteiger partial charge in [0.25, 0.3) is 0 Å². The minimum absolute atomic E-state index is 0.240. The first-order valence-corrected chi connectivity index (χ1v) is 7.33. The number of aryl methyl sites for hydroxylation is 1. The van der Waals surface area contributed by atoms with Crippen molar-refractivity contribution < 1.29 is 0 Å². The van der Waals surface area contributed by atoms with E-state index in [0.717, 1.165) is 4.47 Å². The van der Waals surface area contributed by atoms with Gasteiger partial charge in [0.1, 0.15) is 0 Å². The SMILES string of the molecule is CC1(C)CCc2cc(Br)c(Br)cc2C1(C)C. The van der Waals surface area contributed by atoms with E-state index in [1.165, 1.54) is 28.4 Å². The molecule has 0 fully saturated rings. The molecule has 0 amide bonds. The maximum atomic E-state index is 3.62. The van der Waals surface area contributed by atoms with Gasteiger partial charge in [0, 0.05) is 8.95 Å². The summed E-state index contributed by atoms with van der Waals surface area (Å²) >= 11 is 7.21. The van der Waals surface area contributed by atoms with Crippen molar-refractivity contribution in [3.05, 3.63) is 32.2 Å². The van der Waals surface area contributed by atoms with Crippen molar-refractivity contribution in [2.24, 2.45) is 5.41 Å². The lowest BCUT2D eigenvalue weighted by Gasteiger charge is -2.47. The number of rotatable bonds is 0. The van der Waals surface area contributed by atoms with Gasteiger partial charge in [-0.1, -0.05) is 27.7 Å². The third-order valence-electron chi connectivity index (χ3n) is 4.53. The Morgan fingerprint density at radius 3 is 2.19 bits per heavy atom. The van der Waals surface area contributed by atoms with Gasteiger partial charge in [0.05, 0.1) is 0 Å². The molecule has 0 heterocycles. The molecule has 1 aromatic carbocycles. The van der Waals surface area contributed by atoms with Crippen molar-refractivity contribution >= 4 is 31.9 Å². The fraction of sp³-hybridized carbons (Fsp3) is 0.571. The monoisotopic (exact) mass is 344 g/mol. The zero-order valence-corrected chi connectivity index (χ0v) is 13.5. The molecule has 0 bridgehead atoms. The summed E-state index contributed by atoms with van der Waals surface area (Å²) in [6.45, 7) is 9.49. The molecule has 88 valence electrons. The zero-order chi connectivity index (χ0) is 12.1. The standard InChI is InChI=1S/C14H18Br2/c1-13(2)6-5-9-7-11(15)12(16)8-10(9)14(13,3)4/h7-8H,5-6H2,1-4H3. The van der Waals surface area contributed by atoms with Crippen LogP contribution in [0.4, 0.5) is 0 Å². The average Bonchev–Trinajstić information content (AvgIpc) is 2.17. The van der Waals surface area contributed by atoms with Crippen LogP contribution in [0.1, 0.15) is 45.2 Å². The highest BCUT2D eigenvalue weighted by molar-refractivity contribution is 9.13. The van der Waals surface area contributed by atoms with Crippen LogP contribution in [-0.2, 0) is 11.8 Å². The molecule has 0 N–H and O–H groups in total. The highest BCUT2D eigenvalue weighted by atomic mass is 79.9. The van der Waals surface area contributed by atoms with E-state index in [1.54, 1.807) is 0 Å². The van der Waals surface area contributed by atoms with E-state index in [9.17, 15) is 0 Å². The molecule has 2 rings (SSSR count). The quantitative estimate of drug-likeness (QED) is 0.585. The Bertz CT molecular complexity index is 431. The van der Waals surface area contributed by atoms with Gasteiger partial charge in [-0.25, -0.2) is 0 Å². The molecule has 16 heavy (non-hydrogen) atoms. The Hall–Kier alpha value is 0.180. The summed E-state index contributed by atoms with van der Waals surface area (Å²) < 4.78 is 2.33. The first-order chi connectivity index (χ1) is 7.25. The molecule has 0 unspecified atom stereocenters. The predicted octanol–water partition coefficient (Wildman–Crippen LogP) is 5.46. The summed E-state index contributed by atoms with van der Waals surface area (Å²) in [6.07, 6.45) is 2.46. The van der Waals surface area contributed by atoms with Crippen LogP contribution in [0.15, 0.2) is 21.1 Å². The Morgan fingerprint density at radius 1 is 1.00 bits per heavy atom. The lowest BCUT2D eigenvalue weighted by atomic mass is 9.57. The Balaban J connectivity index is 2.63. The van der Waals surface area contributed by atoms with Crippen LogP contribution in [-0.4, -0.2) is 0 Å². The van der Waals surface area contributed by atoms with Crippen LogP contribution in [0.2, 0.25) is 0 Å². The van der Waals surface area contributed by atoms with Gasteiger partial charge in [-0.15, -0.1) is 0 Å². The topological polar surface area (TPSA) is 0 Å². The second-order valence-corrected chi connectivity index (χ2v) is 7.64. The third-order valence-corrected chi connectivity index (χ3v) is 6.37. The maximum Gasteiger partial charge on any atom is 0.0320 e. The fourth-order valence-corrected chi connectivity index (χ4v) is 3.24. The lowest BCUT2D eigenvalue weighted by Crippen LogP contribution is -2.41. The molecule has 2 heteroatoms. The molecule has 0 radical (unpaired) electrons. The average molecular weight is 346 g/mol. The fourth-order valence-electron chi connectivity index (χ4n) is 2.50. The minimum Gasteiger partial charge on any atom is -0.0591 e. The van der Waals surface area contributed by atoms with Gasteiger partial charge in [-0.3, -0.25) is 0 Å². The van der Waals surface area contributed by atoms with E-state index in [1.807, 2.05) is 0 Å². The van der Waals surface area contributed by atoms with Gasteiger partial charge in [-0.2, -0.15) is 0 Å². The van der Waals surface area contributed by atoms with Gasteiger partial charge in [0.15, 0.2) is 0 Å². The van der Waals surface area contributed by atoms with E-state index in [-0.39, 0.29) is 5.41 Å². The Morgan fingerprint density at radius 2 is 1.56 bits per heavy atom. The lowest BCUT2D eigenvalue weighted by molar-refractivity contribution is 0.165. The van der Waals surface area contributed by atoms with E-state index in [4.69, 9.17) is 0 Å². The third kappa shape index (κ3) is 1.78. The number of hydrogen-bond acceptors (Lipinski definition) is 0. The first-order valence-electron chi connectivity index (χ1n) is 5.74. The van der Waals surface area contributed by atoms with Crippen LogP contribution in [0, 0.1) is 5.41 Å². The summed E-state index contributed by atoms with van der Waals surface area (Å²) in [5.41, 5.74) is 3.61.